The van der Waals surface area contributed by atoms with Crippen molar-refractivity contribution in [2.75, 3.05) is 21.9 Å². The SMILES string of the molecule is O=C(Nc1nc(-c2ccc3ccccc3c2)cs1)c1cccc(N2CCCS2(=O)=O)c1. The van der Waals surface area contributed by atoms with Gasteiger partial charge < -0.3 is 0 Å². The highest BCUT2D eigenvalue weighted by atomic mass is 32.2. The third-order valence-electron chi connectivity index (χ3n) is 5.27. The molecule has 1 aliphatic heterocycles. The number of benzene rings is 3. The summed E-state index contributed by atoms with van der Waals surface area (Å²) in [6.07, 6.45) is 0.593. The summed E-state index contributed by atoms with van der Waals surface area (Å²) >= 11 is 1.35. The van der Waals surface area contributed by atoms with Crippen LogP contribution < -0.4 is 9.62 Å². The van der Waals surface area contributed by atoms with Gasteiger partial charge in [-0.1, -0.05) is 42.5 Å². The van der Waals surface area contributed by atoms with Crippen molar-refractivity contribution >= 4 is 48.9 Å². The molecule has 0 bridgehead atoms. The molecule has 0 spiro atoms. The predicted molar refractivity (Wildman–Crippen MR) is 125 cm³/mol. The molecule has 1 fully saturated rings. The lowest BCUT2D eigenvalue weighted by atomic mass is 10.1. The number of hydrogen-bond donors (Lipinski definition) is 1. The molecule has 8 heteroatoms. The van der Waals surface area contributed by atoms with Crippen molar-refractivity contribution < 1.29 is 13.2 Å². The van der Waals surface area contributed by atoms with Crippen molar-refractivity contribution in [3.05, 3.63) is 77.7 Å². The average Bonchev–Trinajstić information content (AvgIpc) is 3.39. The zero-order valence-corrected chi connectivity index (χ0v) is 18.1. The number of carbonyl (C=O) groups is 1. The van der Waals surface area contributed by atoms with Crippen LogP contribution in [0.2, 0.25) is 0 Å². The van der Waals surface area contributed by atoms with Crippen molar-refractivity contribution in [3.8, 4) is 11.3 Å². The Hall–Kier alpha value is -3.23. The van der Waals surface area contributed by atoms with E-state index in [1.54, 1.807) is 24.3 Å². The molecule has 0 aliphatic carbocycles. The topological polar surface area (TPSA) is 79.4 Å². The van der Waals surface area contributed by atoms with Crippen LogP contribution in [0.4, 0.5) is 10.8 Å². The molecule has 1 saturated heterocycles. The van der Waals surface area contributed by atoms with Crippen LogP contribution in [0.25, 0.3) is 22.0 Å². The van der Waals surface area contributed by atoms with Gasteiger partial charge in [-0.25, -0.2) is 13.4 Å². The van der Waals surface area contributed by atoms with Crippen LogP contribution in [0.1, 0.15) is 16.8 Å². The van der Waals surface area contributed by atoms with Gasteiger partial charge in [-0.05, 0) is 41.5 Å². The highest BCUT2D eigenvalue weighted by Crippen LogP contribution is 2.29. The number of hydrogen-bond acceptors (Lipinski definition) is 5. The Morgan fingerprint density at radius 2 is 1.84 bits per heavy atom. The van der Waals surface area contributed by atoms with Gasteiger partial charge in [-0.3, -0.25) is 14.4 Å². The maximum absolute atomic E-state index is 12.8. The first-order valence-corrected chi connectivity index (χ1v) is 12.3. The Morgan fingerprint density at radius 1 is 1.00 bits per heavy atom. The first-order valence-electron chi connectivity index (χ1n) is 9.86. The maximum Gasteiger partial charge on any atom is 0.257 e. The number of aromatic nitrogens is 1. The number of carbonyl (C=O) groups excluding carboxylic acids is 1. The summed E-state index contributed by atoms with van der Waals surface area (Å²) in [7, 11) is -3.29. The zero-order chi connectivity index (χ0) is 21.4. The van der Waals surface area contributed by atoms with Crippen LogP contribution in [0.5, 0.6) is 0 Å². The van der Waals surface area contributed by atoms with Gasteiger partial charge in [-0.2, -0.15) is 0 Å². The van der Waals surface area contributed by atoms with Crippen molar-refractivity contribution in [2.24, 2.45) is 0 Å². The number of thiazole rings is 1. The maximum atomic E-state index is 12.8. The molecular weight excluding hydrogens is 430 g/mol. The Balaban J connectivity index is 1.35. The van der Waals surface area contributed by atoms with E-state index in [4.69, 9.17) is 0 Å². The minimum Gasteiger partial charge on any atom is -0.298 e. The number of anilines is 2. The molecule has 1 amide bonds. The highest BCUT2D eigenvalue weighted by molar-refractivity contribution is 7.93. The quantitative estimate of drug-likeness (QED) is 0.487. The average molecular weight is 450 g/mol. The third kappa shape index (κ3) is 3.92. The summed E-state index contributed by atoms with van der Waals surface area (Å²) in [6.45, 7) is 0.439. The molecule has 2 heterocycles. The third-order valence-corrected chi connectivity index (χ3v) is 7.89. The standard InChI is InChI=1S/C23H19N3O3S2/c27-22(19-7-3-8-20(14-19)26-11-4-12-31(26,28)29)25-23-24-21(15-30-23)18-10-9-16-5-1-2-6-17(16)13-18/h1-3,5-10,13-15H,4,11-12H2,(H,24,25,27). The van der Waals surface area contributed by atoms with E-state index in [1.807, 2.05) is 23.6 Å². The monoisotopic (exact) mass is 449 g/mol. The molecule has 6 nitrogen and oxygen atoms in total. The molecule has 31 heavy (non-hydrogen) atoms. The van der Waals surface area contributed by atoms with Crippen LogP contribution in [0, 0.1) is 0 Å². The summed E-state index contributed by atoms with van der Waals surface area (Å²) in [6, 6.07) is 21.0. The summed E-state index contributed by atoms with van der Waals surface area (Å²) in [5.74, 6) is -0.182. The Morgan fingerprint density at radius 3 is 2.65 bits per heavy atom. The molecule has 0 unspecified atom stereocenters. The lowest BCUT2D eigenvalue weighted by Crippen LogP contribution is -2.25. The minimum absolute atomic E-state index is 0.139. The fourth-order valence-corrected chi connectivity index (χ4v) is 5.98. The number of fused-ring (bicyclic) bond motifs is 1. The zero-order valence-electron chi connectivity index (χ0n) is 16.5. The Labute approximate surface area is 184 Å². The van der Waals surface area contributed by atoms with Gasteiger partial charge >= 0.3 is 0 Å². The van der Waals surface area contributed by atoms with Gasteiger partial charge in [0.05, 0.1) is 17.1 Å². The first-order chi connectivity index (χ1) is 15.0. The number of nitrogens with one attached hydrogen (secondary N) is 1. The van der Waals surface area contributed by atoms with E-state index in [2.05, 4.69) is 34.6 Å². The normalized spacial score (nSPS) is 15.3. The second-order valence-electron chi connectivity index (χ2n) is 7.35. The van der Waals surface area contributed by atoms with Crippen LogP contribution >= 0.6 is 11.3 Å². The van der Waals surface area contributed by atoms with E-state index < -0.39 is 10.0 Å². The van der Waals surface area contributed by atoms with Crippen molar-refractivity contribution in [2.45, 2.75) is 6.42 Å². The fraction of sp³-hybridized carbons (Fsp3) is 0.130. The lowest BCUT2D eigenvalue weighted by Gasteiger charge is -2.17. The molecule has 5 rings (SSSR count). The minimum atomic E-state index is -3.29. The largest absolute Gasteiger partial charge is 0.298 e. The molecular formula is C23H19N3O3S2. The van der Waals surface area contributed by atoms with E-state index >= 15 is 0 Å². The first kappa shape index (κ1) is 19.7. The molecule has 1 N–H and O–H groups in total. The van der Waals surface area contributed by atoms with Gasteiger partial charge in [0.1, 0.15) is 0 Å². The van der Waals surface area contributed by atoms with E-state index in [9.17, 15) is 13.2 Å². The number of rotatable bonds is 4. The lowest BCUT2D eigenvalue weighted by molar-refractivity contribution is 0.102. The van der Waals surface area contributed by atoms with Crippen LogP contribution in [-0.2, 0) is 10.0 Å². The van der Waals surface area contributed by atoms with Gasteiger partial charge in [0.25, 0.3) is 5.91 Å². The van der Waals surface area contributed by atoms with E-state index in [-0.39, 0.29) is 11.7 Å². The van der Waals surface area contributed by atoms with Crippen molar-refractivity contribution in [1.82, 2.24) is 4.98 Å². The highest BCUT2D eigenvalue weighted by Gasteiger charge is 2.28. The number of sulfonamides is 1. The Kier molecular flexibility index (Phi) is 4.95. The summed E-state index contributed by atoms with van der Waals surface area (Å²) in [5, 5.41) is 7.52. The van der Waals surface area contributed by atoms with Crippen LogP contribution in [0.3, 0.4) is 0 Å². The molecule has 3 aromatic carbocycles. The number of nitrogens with zero attached hydrogens (tertiary/aromatic N) is 2. The second-order valence-corrected chi connectivity index (χ2v) is 10.2. The number of amides is 1. The van der Waals surface area contributed by atoms with E-state index in [0.29, 0.717) is 29.3 Å². The molecule has 0 atom stereocenters. The molecule has 1 aromatic heterocycles. The van der Waals surface area contributed by atoms with E-state index in [1.165, 1.54) is 15.6 Å². The predicted octanol–water partition coefficient (Wildman–Crippen LogP) is 4.76. The van der Waals surface area contributed by atoms with Crippen molar-refractivity contribution in [1.29, 1.82) is 0 Å². The van der Waals surface area contributed by atoms with E-state index in [0.717, 1.165) is 22.0 Å². The Bertz CT molecular complexity index is 1400. The molecule has 0 radical (unpaired) electrons. The van der Waals surface area contributed by atoms with Crippen LogP contribution in [-0.4, -0.2) is 31.6 Å². The van der Waals surface area contributed by atoms with Gasteiger partial charge in [0.15, 0.2) is 5.13 Å². The molecule has 0 saturated carbocycles. The summed E-state index contributed by atoms with van der Waals surface area (Å²) in [4.78, 5) is 17.3. The van der Waals surface area contributed by atoms with Gasteiger partial charge in [-0.15, -0.1) is 11.3 Å². The second kappa shape index (κ2) is 7.79. The summed E-state index contributed by atoms with van der Waals surface area (Å²) < 4.78 is 25.7. The molecule has 1 aliphatic rings. The fourth-order valence-electron chi connectivity index (χ4n) is 3.71. The van der Waals surface area contributed by atoms with Crippen molar-refractivity contribution in [3.63, 3.8) is 0 Å². The van der Waals surface area contributed by atoms with Gasteiger partial charge in [0, 0.05) is 23.1 Å². The molecule has 156 valence electrons. The molecule has 4 aromatic rings. The summed E-state index contributed by atoms with van der Waals surface area (Å²) in [5.41, 5.74) is 2.68. The van der Waals surface area contributed by atoms with Crippen LogP contribution in [0.15, 0.2) is 72.1 Å². The smallest absolute Gasteiger partial charge is 0.257 e. The van der Waals surface area contributed by atoms with Gasteiger partial charge in [0.2, 0.25) is 10.0 Å².